The van der Waals surface area contributed by atoms with E-state index in [9.17, 15) is 5.26 Å². The minimum absolute atomic E-state index is 0. The Kier molecular flexibility index (Phi) is 6.99. The fourth-order valence-corrected chi connectivity index (χ4v) is 3.75. The Morgan fingerprint density at radius 2 is 1.93 bits per heavy atom. The molecule has 0 N–H and O–H groups in total. The summed E-state index contributed by atoms with van der Waals surface area (Å²) in [6, 6.07) is 9.05. The van der Waals surface area contributed by atoms with E-state index in [1.165, 1.54) is 37.7 Å². The zero-order valence-electron chi connectivity index (χ0n) is 18.2. The van der Waals surface area contributed by atoms with Crippen molar-refractivity contribution in [3.8, 4) is 11.8 Å². The number of hydrogen-bond donors (Lipinski definition) is 0. The van der Waals surface area contributed by atoms with Gasteiger partial charge in [0.25, 0.3) is 0 Å². The summed E-state index contributed by atoms with van der Waals surface area (Å²) < 4.78 is 7.79. The molecule has 4 rings (SSSR count). The van der Waals surface area contributed by atoms with Crippen molar-refractivity contribution in [2.45, 2.75) is 65.3 Å². The molecular weight excluding hydrogens is 356 g/mol. The molecular formula is C26H34N2O. The third-order valence-electron chi connectivity index (χ3n) is 5.84. The van der Waals surface area contributed by atoms with E-state index >= 15 is 0 Å². The summed E-state index contributed by atoms with van der Waals surface area (Å²) in [5, 5.41) is 10.9. The number of fused-ring (bicyclic) bond motifs is 1. The van der Waals surface area contributed by atoms with Crippen molar-refractivity contribution in [2.24, 2.45) is 0 Å². The summed E-state index contributed by atoms with van der Waals surface area (Å²) in [4.78, 5) is 0. The Balaban J connectivity index is 0.000000591. The second-order valence-corrected chi connectivity index (χ2v) is 7.85. The van der Waals surface area contributed by atoms with Crippen molar-refractivity contribution in [3.63, 3.8) is 0 Å². The van der Waals surface area contributed by atoms with E-state index < -0.39 is 0 Å². The first-order valence-electron chi connectivity index (χ1n) is 10.8. The van der Waals surface area contributed by atoms with Crippen molar-refractivity contribution >= 4 is 16.5 Å². The lowest BCUT2D eigenvalue weighted by molar-refractivity contribution is 0.320. The Labute approximate surface area is 176 Å². The van der Waals surface area contributed by atoms with Crippen LogP contribution in [-0.4, -0.2) is 11.7 Å². The second-order valence-electron chi connectivity index (χ2n) is 7.85. The highest BCUT2D eigenvalue weighted by Crippen LogP contribution is 2.42. The van der Waals surface area contributed by atoms with Crippen LogP contribution in [0.2, 0.25) is 0 Å². The maximum atomic E-state index is 9.95. The molecule has 0 unspecified atom stereocenters. The van der Waals surface area contributed by atoms with Gasteiger partial charge in [0.1, 0.15) is 11.8 Å². The van der Waals surface area contributed by atoms with Crippen LogP contribution in [-0.2, 0) is 0 Å². The van der Waals surface area contributed by atoms with Crippen LogP contribution in [0.4, 0.5) is 0 Å². The molecule has 2 aromatic rings. The van der Waals surface area contributed by atoms with Gasteiger partial charge in [-0.05, 0) is 56.4 Å². The SMILES string of the molecule is CCCC.COc1ccc2c(c1)c(C#N)c(C1=CCC=C(C)C=C1)n2C1CCC1.[HH]. The fourth-order valence-electron chi connectivity index (χ4n) is 3.75. The van der Waals surface area contributed by atoms with Gasteiger partial charge >= 0.3 is 0 Å². The van der Waals surface area contributed by atoms with Crippen molar-refractivity contribution in [1.29, 1.82) is 5.26 Å². The number of methoxy groups -OCH3 is 1. The third kappa shape index (κ3) is 4.32. The van der Waals surface area contributed by atoms with Crippen molar-refractivity contribution in [1.82, 2.24) is 4.57 Å². The number of nitrogens with zero attached hydrogens (tertiary/aromatic N) is 2. The molecule has 2 aliphatic rings. The molecule has 3 nitrogen and oxygen atoms in total. The number of unbranched alkanes of at least 4 members (excludes halogenated alkanes) is 1. The minimum Gasteiger partial charge on any atom is -0.497 e. The van der Waals surface area contributed by atoms with Gasteiger partial charge in [0.15, 0.2) is 0 Å². The topological polar surface area (TPSA) is 37.9 Å². The molecule has 0 atom stereocenters. The number of ether oxygens (including phenoxy) is 1. The molecule has 1 saturated carbocycles. The Hall–Kier alpha value is -2.73. The third-order valence-corrected chi connectivity index (χ3v) is 5.84. The molecule has 1 fully saturated rings. The largest absolute Gasteiger partial charge is 0.497 e. The molecule has 3 heteroatoms. The van der Waals surface area contributed by atoms with Gasteiger partial charge in [-0.1, -0.05) is 56.6 Å². The van der Waals surface area contributed by atoms with Crippen LogP contribution >= 0.6 is 0 Å². The number of nitriles is 1. The van der Waals surface area contributed by atoms with Gasteiger partial charge < -0.3 is 9.30 Å². The zero-order valence-corrected chi connectivity index (χ0v) is 18.2. The lowest BCUT2D eigenvalue weighted by atomic mass is 9.92. The van der Waals surface area contributed by atoms with Crippen LogP contribution in [0.15, 0.2) is 48.1 Å². The molecule has 1 aromatic carbocycles. The molecule has 0 saturated heterocycles. The second kappa shape index (κ2) is 9.65. The smallest absolute Gasteiger partial charge is 0.119 e. The summed E-state index contributed by atoms with van der Waals surface area (Å²) in [7, 11) is 1.67. The lowest BCUT2D eigenvalue weighted by Gasteiger charge is -2.30. The van der Waals surface area contributed by atoms with Crippen LogP contribution in [0.5, 0.6) is 5.75 Å². The molecule has 1 heterocycles. The monoisotopic (exact) mass is 390 g/mol. The number of aromatic nitrogens is 1. The zero-order chi connectivity index (χ0) is 20.8. The number of benzene rings is 1. The number of hydrogen-bond acceptors (Lipinski definition) is 2. The first-order chi connectivity index (χ1) is 14.1. The molecule has 0 bridgehead atoms. The lowest BCUT2D eigenvalue weighted by Crippen LogP contribution is -2.18. The molecule has 154 valence electrons. The summed E-state index contributed by atoms with van der Waals surface area (Å²) in [5.74, 6) is 0.796. The summed E-state index contributed by atoms with van der Waals surface area (Å²) >= 11 is 0. The molecule has 0 amide bonds. The molecule has 2 aliphatic carbocycles. The maximum absolute atomic E-state index is 9.95. The Bertz CT molecular complexity index is 998. The predicted molar refractivity (Wildman–Crippen MR) is 124 cm³/mol. The highest BCUT2D eigenvalue weighted by molar-refractivity contribution is 5.95. The first kappa shape index (κ1) is 21.0. The number of allylic oxidation sites excluding steroid dienone is 6. The van der Waals surface area contributed by atoms with Crippen molar-refractivity contribution < 1.29 is 6.16 Å². The van der Waals surface area contributed by atoms with Crippen LogP contribution in [0, 0.1) is 11.3 Å². The number of rotatable bonds is 4. The average molecular weight is 391 g/mol. The quantitative estimate of drug-likeness (QED) is 0.539. The maximum Gasteiger partial charge on any atom is 0.119 e. The standard InChI is InChI=1S/C22H22N2O.C4H10.H2/c1-15-5-3-6-16(10-9-15)22-20(14-23)19-13-18(25-2)11-12-21(19)24(22)17-7-4-8-17;1-3-4-2;/h5-6,9-13,17H,3-4,7-8H2,1-2H3;3-4H2,1-2H3;1H. The first-order valence-corrected chi connectivity index (χ1v) is 10.8. The van der Waals surface area contributed by atoms with Gasteiger partial charge in [-0.15, -0.1) is 0 Å². The fraction of sp³-hybridized carbons (Fsp3) is 0.423. The van der Waals surface area contributed by atoms with E-state index in [1.54, 1.807) is 7.11 Å². The molecule has 0 spiro atoms. The van der Waals surface area contributed by atoms with E-state index in [0.717, 1.165) is 39.9 Å². The Morgan fingerprint density at radius 3 is 2.52 bits per heavy atom. The van der Waals surface area contributed by atoms with Crippen LogP contribution < -0.4 is 4.74 Å². The summed E-state index contributed by atoms with van der Waals surface area (Å²) in [6.45, 7) is 6.48. The molecule has 29 heavy (non-hydrogen) atoms. The highest BCUT2D eigenvalue weighted by atomic mass is 16.5. The van der Waals surface area contributed by atoms with E-state index in [0.29, 0.717) is 6.04 Å². The van der Waals surface area contributed by atoms with Crippen molar-refractivity contribution in [2.75, 3.05) is 7.11 Å². The summed E-state index contributed by atoms with van der Waals surface area (Å²) in [5.41, 5.74) is 5.37. The highest BCUT2D eigenvalue weighted by Gasteiger charge is 2.28. The van der Waals surface area contributed by atoms with Gasteiger partial charge in [-0.3, -0.25) is 0 Å². The van der Waals surface area contributed by atoms with Gasteiger partial charge in [-0.2, -0.15) is 5.26 Å². The molecule has 0 radical (unpaired) electrons. The summed E-state index contributed by atoms with van der Waals surface area (Å²) in [6.07, 6.45) is 15.9. The minimum atomic E-state index is 0. The van der Waals surface area contributed by atoms with E-state index in [4.69, 9.17) is 4.74 Å². The van der Waals surface area contributed by atoms with E-state index in [1.807, 2.05) is 12.1 Å². The predicted octanol–water partition coefficient (Wildman–Crippen LogP) is 7.59. The molecule has 1 aromatic heterocycles. The average Bonchev–Trinajstić information content (AvgIpc) is 2.85. The van der Waals surface area contributed by atoms with Gasteiger partial charge in [-0.25, -0.2) is 0 Å². The van der Waals surface area contributed by atoms with Gasteiger partial charge in [0.05, 0.1) is 23.9 Å². The Morgan fingerprint density at radius 1 is 1.17 bits per heavy atom. The van der Waals surface area contributed by atoms with Gasteiger partial charge in [0, 0.05) is 12.9 Å². The normalized spacial score (nSPS) is 16.1. The van der Waals surface area contributed by atoms with Crippen LogP contribution in [0.25, 0.3) is 16.5 Å². The van der Waals surface area contributed by atoms with Crippen molar-refractivity contribution in [3.05, 3.63) is 59.3 Å². The van der Waals surface area contributed by atoms with Crippen LogP contribution in [0.3, 0.4) is 0 Å². The van der Waals surface area contributed by atoms with Gasteiger partial charge in [0.2, 0.25) is 0 Å². The van der Waals surface area contributed by atoms with E-state index in [-0.39, 0.29) is 1.43 Å². The van der Waals surface area contributed by atoms with E-state index in [2.05, 4.69) is 61.8 Å². The molecule has 0 aliphatic heterocycles. The van der Waals surface area contributed by atoms with Crippen LogP contribution in [0.1, 0.15) is 78.0 Å².